The predicted octanol–water partition coefficient (Wildman–Crippen LogP) is 4.88. The third-order valence-electron chi connectivity index (χ3n) is 6.03. The number of nitrogens with one attached hydrogen (secondary N) is 1. The smallest absolute Gasteiger partial charge is 0.264 e. The van der Waals surface area contributed by atoms with Gasteiger partial charge in [0.05, 0.1) is 17.7 Å². The number of amides is 2. The fraction of sp³-hybridized carbons (Fsp3) is 0.310. The Kier molecular flexibility index (Phi) is 10.4. The first kappa shape index (κ1) is 30.0. The van der Waals surface area contributed by atoms with Gasteiger partial charge in [-0.15, -0.1) is 0 Å². The van der Waals surface area contributed by atoms with Crippen LogP contribution in [0.3, 0.4) is 0 Å². The number of methoxy groups -OCH3 is 1. The molecule has 0 fully saturated rings. The summed E-state index contributed by atoms with van der Waals surface area (Å²) in [6.07, 6.45) is 0.336. The summed E-state index contributed by atoms with van der Waals surface area (Å²) in [4.78, 5) is 28.6. The zero-order valence-corrected chi connectivity index (χ0v) is 24.1. The Morgan fingerprint density at radius 2 is 1.59 bits per heavy atom. The van der Waals surface area contributed by atoms with Gasteiger partial charge in [-0.3, -0.25) is 13.9 Å². The summed E-state index contributed by atoms with van der Waals surface area (Å²) in [7, 11) is -2.82. The second-order valence-corrected chi connectivity index (χ2v) is 11.5. The molecule has 0 bridgehead atoms. The normalized spacial score (nSPS) is 12.1. The van der Waals surface area contributed by atoms with E-state index in [-0.39, 0.29) is 39.8 Å². The predicted molar refractivity (Wildman–Crippen MR) is 153 cm³/mol. The van der Waals surface area contributed by atoms with E-state index in [1.165, 1.54) is 30.2 Å². The van der Waals surface area contributed by atoms with E-state index in [9.17, 15) is 18.0 Å². The Morgan fingerprint density at radius 1 is 0.974 bits per heavy atom. The molecule has 0 aliphatic rings. The number of rotatable bonds is 12. The van der Waals surface area contributed by atoms with Gasteiger partial charge >= 0.3 is 0 Å². The fourth-order valence-corrected chi connectivity index (χ4v) is 5.78. The second-order valence-electron chi connectivity index (χ2n) is 9.24. The molecule has 8 nitrogen and oxygen atoms in total. The molecular weight excluding hydrogens is 538 g/mol. The molecule has 0 aromatic heterocycles. The summed E-state index contributed by atoms with van der Waals surface area (Å²) in [5.41, 5.74) is 0.918. The molecule has 10 heteroatoms. The molecule has 39 heavy (non-hydrogen) atoms. The number of anilines is 1. The van der Waals surface area contributed by atoms with Crippen LogP contribution in [0.5, 0.6) is 5.75 Å². The molecular formula is C29H34ClN3O5S. The van der Waals surface area contributed by atoms with Gasteiger partial charge in [0.2, 0.25) is 11.8 Å². The average Bonchev–Trinajstić information content (AvgIpc) is 2.92. The minimum absolute atomic E-state index is 0.000898. The number of carbonyl (C=O) groups is 2. The quantitative estimate of drug-likeness (QED) is 0.334. The highest BCUT2D eigenvalue weighted by atomic mass is 35.5. The number of ether oxygens (including phenoxy) is 1. The van der Waals surface area contributed by atoms with Gasteiger partial charge in [-0.05, 0) is 56.2 Å². The fourth-order valence-electron chi connectivity index (χ4n) is 4.17. The lowest BCUT2D eigenvalue weighted by atomic mass is 10.1. The van der Waals surface area contributed by atoms with Crippen molar-refractivity contribution >= 4 is 39.1 Å². The van der Waals surface area contributed by atoms with Crippen LogP contribution in [0.2, 0.25) is 5.02 Å². The minimum atomic E-state index is -4.23. The van der Waals surface area contributed by atoms with Gasteiger partial charge < -0.3 is 15.0 Å². The molecule has 208 valence electrons. The zero-order chi connectivity index (χ0) is 28.6. The third-order valence-corrected chi connectivity index (χ3v) is 8.04. The topological polar surface area (TPSA) is 96.0 Å². The maximum atomic E-state index is 14.1. The molecule has 1 N–H and O–H groups in total. The highest BCUT2D eigenvalue weighted by Crippen LogP contribution is 2.35. The van der Waals surface area contributed by atoms with E-state index in [4.69, 9.17) is 16.3 Å². The first-order valence-electron chi connectivity index (χ1n) is 12.6. The van der Waals surface area contributed by atoms with Crippen molar-refractivity contribution in [1.82, 2.24) is 10.2 Å². The lowest BCUT2D eigenvalue weighted by Gasteiger charge is -2.34. The van der Waals surface area contributed by atoms with Gasteiger partial charge in [-0.2, -0.15) is 0 Å². The highest BCUT2D eigenvalue weighted by molar-refractivity contribution is 7.92. The number of hydrogen-bond acceptors (Lipinski definition) is 5. The molecule has 0 saturated heterocycles. The SMILES string of the molecule is CC[C@H](C(=O)NC(C)C)N(Cc1ccccc1)C(=O)CN(c1cc(Cl)ccc1OC)S(=O)(=O)c1ccccc1. The molecule has 0 heterocycles. The third kappa shape index (κ3) is 7.52. The van der Waals surface area contributed by atoms with Crippen molar-refractivity contribution in [3.63, 3.8) is 0 Å². The van der Waals surface area contributed by atoms with Crippen molar-refractivity contribution in [2.24, 2.45) is 0 Å². The van der Waals surface area contributed by atoms with Gasteiger partial charge in [0.25, 0.3) is 10.0 Å². The summed E-state index contributed by atoms with van der Waals surface area (Å²) in [5, 5.41) is 3.15. The highest BCUT2D eigenvalue weighted by Gasteiger charge is 2.35. The molecule has 1 atom stereocenters. The molecule has 3 rings (SSSR count). The molecule has 3 aromatic carbocycles. The van der Waals surface area contributed by atoms with Crippen LogP contribution in [-0.2, 0) is 26.2 Å². The van der Waals surface area contributed by atoms with E-state index < -0.39 is 28.5 Å². The van der Waals surface area contributed by atoms with E-state index in [0.717, 1.165) is 9.87 Å². The average molecular weight is 572 g/mol. The molecule has 0 saturated carbocycles. The van der Waals surface area contributed by atoms with Crippen LogP contribution >= 0.6 is 11.6 Å². The number of halogens is 1. The second kappa shape index (κ2) is 13.5. The standard InChI is InChI=1S/C29H34ClN3O5S/c1-5-25(29(35)31-21(2)3)32(19-22-12-8-6-9-13-22)28(34)20-33(26-18-23(30)16-17-27(26)38-4)39(36,37)24-14-10-7-11-15-24/h6-18,21,25H,5,19-20H2,1-4H3,(H,31,35)/t25-/m1/s1. The van der Waals surface area contributed by atoms with Crippen LogP contribution in [0.25, 0.3) is 0 Å². The Hall–Kier alpha value is -3.56. The Morgan fingerprint density at radius 3 is 2.15 bits per heavy atom. The van der Waals surface area contributed by atoms with Crippen LogP contribution in [0.1, 0.15) is 32.8 Å². The number of benzene rings is 3. The molecule has 0 aliphatic heterocycles. The summed E-state index contributed by atoms with van der Waals surface area (Å²) in [5.74, 6) is -0.633. The van der Waals surface area contributed by atoms with E-state index in [2.05, 4.69) is 5.32 Å². The maximum absolute atomic E-state index is 14.1. The van der Waals surface area contributed by atoms with Crippen LogP contribution in [0.4, 0.5) is 5.69 Å². The largest absolute Gasteiger partial charge is 0.495 e. The zero-order valence-electron chi connectivity index (χ0n) is 22.5. The van der Waals surface area contributed by atoms with Crippen LogP contribution in [0, 0.1) is 0 Å². The number of hydrogen-bond donors (Lipinski definition) is 1. The molecule has 0 spiro atoms. The molecule has 0 aliphatic carbocycles. The summed E-state index contributed by atoms with van der Waals surface area (Å²) < 4.78 is 34.3. The van der Waals surface area contributed by atoms with Crippen molar-refractivity contribution in [3.8, 4) is 5.75 Å². The van der Waals surface area contributed by atoms with Crippen molar-refractivity contribution in [2.75, 3.05) is 18.0 Å². The molecule has 0 unspecified atom stereocenters. The first-order chi connectivity index (χ1) is 18.6. The Labute approximate surface area is 235 Å². The Balaban J connectivity index is 2.11. The van der Waals surface area contributed by atoms with E-state index in [0.29, 0.717) is 6.42 Å². The van der Waals surface area contributed by atoms with E-state index >= 15 is 0 Å². The van der Waals surface area contributed by atoms with Crippen molar-refractivity contribution in [2.45, 2.75) is 50.7 Å². The monoisotopic (exact) mass is 571 g/mol. The summed E-state index contributed by atoms with van der Waals surface area (Å²) in [6, 6.07) is 20.7. The number of nitrogens with zero attached hydrogens (tertiary/aromatic N) is 2. The van der Waals surface area contributed by atoms with Crippen molar-refractivity contribution in [3.05, 3.63) is 89.4 Å². The van der Waals surface area contributed by atoms with Gasteiger partial charge in [-0.25, -0.2) is 8.42 Å². The van der Waals surface area contributed by atoms with Gasteiger partial charge in [-0.1, -0.05) is 67.1 Å². The Bertz CT molecular complexity index is 1370. The lowest BCUT2D eigenvalue weighted by Crippen LogP contribution is -2.53. The maximum Gasteiger partial charge on any atom is 0.264 e. The summed E-state index contributed by atoms with van der Waals surface area (Å²) >= 11 is 6.26. The molecule has 3 aromatic rings. The molecule has 0 radical (unpaired) electrons. The number of carbonyl (C=O) groups excluding carboxylic acids is 2. The van der Waals surface area contributed by atoms with Gasteiger partial charge in [0, 0.05) is 17.6 Å². The first-order valence-corrected chi connectivity index (χ1v) is 14.4. The van der Waals surface area contributed by atoms with Gasteiger partial charge in [0.1, 0.15) is 18.3 Å². The van der Waals surface area contributed by atoms with Crippen molar-refractivity contribution in [1.29, 1.82) is 0 Å². The van der Waals surface area contributed by atoms with E-state index in [1.54, 1.807) is 30.3 Å². The van der Waals surface area contributed by atoms with Crippen LogP contribution in [-0.4, -0.2) is 50.9 Å². The minimum Gasteiger partial charge on any atom is -0.495 e. The summed E-state index contributed by atoms with van der Waals surface area (Å²) in [6.45, 7) is 5.04. The van der Waals surface area contributed by atoms with Crippen molar-refractivity contribution < 1.29 is 22.7 Å². The van der Waals surface area contributed by atoms with Gasteiger partial charge in [0.15, 0.2) is 0 Å². The van der Waals surface area contributed by atoms with Crippen LogP contribution in [0.15, 0.2) is 83.8 Å². The number of sulfonamides is 1. The molecule has 2 amide bonds. The lowest BCUT2D eigenvalue weighted by molar-refractivity contribution is -0.140. The van der Waals surface area contributed by atoms with Crippen LogP contribution < -0.4 is 14.4 Å². The van der Waals surface area contributed by atoms with E-state index in [1.807, 2.05) is 51.1 Å².